The van der Waals surface area contributed by atoms with E-state index in [4.69, 9.17) is 14.7 Å². The molecular formula is C15H18N2O3. The molecule has 1 rings (SSSR count). The molecule has 1 N–H and O–H groups in total. The molecule has 1 unspecified atom stereocenters. The highest BCUT2D eigenvalue weighted by Gasteiger charge is 2.04. The van der Waals surface area contributed by atoms with E-state index in [1.54, 1.807) is 39.4 Å². The van der Waals surface area contributed by atoms with Crippen LogP contribution in [-0.2, 0) is 4.79 Å². The van der Waals surface area contributed by atoms with Crippen molar-refractivity contribution in [3.05, 3.63) is 29.8 Å². The number of methoxy groups -OCH3 is 2. The SMILES string of the molecule is COc1ccc(/C=C/C(=O)NCC(C)C#N)cc1OC. The molecule has 5 heteroatoms. The molecule has 5 nitrogen and oxygen atoms in total. The van der Waals surface area contributed by atoms with Crippen LogP contribution in [0, 0.1) is 17.2 Å². The highest BCUT2D eigenvalue weighted by molar-refractivity contribution is 5.91. The molecule has 0 heterocycles. The summed E-state index contributed by atoms with van der Waals surface area (Å²) in [6.07, 6.45) is 3.10. The first-order valence-corrected chi connectivity index (χ1v) is 6.18. The third kappa shape index (κ3) is 4.65. The number of amides is 1. The van der Waals surface area contributed by atoms with Gasteiger partial charge in [0.05, 0.1) is 26.2 Å². The summed E-state index contributed by atoms with van der Waals surface area (Å²) in [6.45, 7) is 2.09. The van der Waals surface area contributed by atoms with Crippen molar-refractivity contribution in [1.82, 2.24) is 5.32 Å². The normalized spacial score (nSPS) is 11.7. The minimum atomic E-state index is -0.234. The average molecular weight is 274 g/mol. The Bertz CT molecular complexity index is 532. The number of hydrogen-bond donors (Lipinski definition) is 1. The number of hydrogen-bond acceptors (Lipinski definition) is 4. The summed E-state index contributed by atoms with van der Waals surface area (Å²) in [7, 11) is 3.12. The molecule has 0 aliphatic rings. The van der Waals surface area contributed by atoms with Gasteiger partial charge in [-0.25, -0.2) is 0 Å². The van der Waals surface area contributed by atoms with Crippen LogP contribution in [0.1, 0.15) is 12.5 Å². The number of carbonyl (C=O) groups is 1. The first kappa shape index (κ1) is 15.6. The minimum Gasteiger partial charge on any atom is -0.493 e. The number of benzene rings is 1. The molecule has 106 valence electrons. The van der Waals surface area contributed by atoms with E-state index in [0.717, 1.165) is 5.56 Å². The van der Waals surface area contributed by atoms with Crippen LogP contribution in [0.3, 0.4) is 0 Å². The van der Waals surface area contributed by atoms with Crippen molar-refractivity contribution in [2.45, 2.75) is 6.92 Å². The third-order valence-electron chi connectivity index (χ3n) is 2.64. The minimum absolute atomic E-state index is 0.201. The van der Waals surface area contributed by atoms with E-state index >= 15 is 0 Å². The topological polar surface area (TPSA) is 71.3 Å². The lowest BCUT2D eigenvalue weighted by Gasteiger charge is -2.07. The number of ether oxygens (including phenoxy) is 2. The van der Waals surface area contributed by atoms with Crippen molar-refractivity contribution in [3.63, 3.8) is 0 Å². The molecular weight excluding hydrogens is 256 g/mol. The van der Waals surface area contributed by atoms with Crippen LogP contribution in [-0.4, -0.2) is 26.7 Å². The first-order valence-electron chi connectivity index (χ1n) is 6.18. The summed E-state index contributed by atoms with van der Waals surface area (Å²) in [5.41, 5.74) is 0.825. The van der Waals surface area contributed by atoms with Crippen molar-refractivity contribution in [2.24, 2.45) is 5.92 Å². The molecule has 1 atom stereocenters. The van der Waals surface area contributed by atoms with E-state index in [-0.39, 0.29) is 11.8 Å². The van der Waals surface area contributed by atoms with Gasteiger partial charge in [0, 0.05) is 12.6 Å². The molecule has 0 saturated heterocycles. The molecule has 0 saturated carbocycles. The van der Waals surface area contributed by atoms with E-state index in [1.165, 1.54) is 6.08 Å². The summed E-state index contributed by atoms with van der Waals surface area (Å²) < 4.78 is 10.3. The average Bonchev–Trinajstić information content (AvgIpc) is 2.49. The van der Waals surface area contributed by atoms with Gasteiger partial charge < -0.3 is 14.8 Å². The smallest absolute Gasteiger partial charge is 0.244 e. The Morgan fingerprint density at radius 2 is 2.10 bits per heavy atom. The molecule has 1 aromatic rings. The maximum absolute atomic E-state index is 11.6. The van der Waals surface area contributed by atoms with Gasteiger partial charge in [0.2, 0.25) is 5.91 Å². The molecule has 0 fully saturated rings. The maximum Gasteiger partial charge on any atom is 0.244 e. The number of nitrogens with zero attached hydrogens (tertiary/aromatic N) is 1. The largest absolute Gasteiger partial charge is 0.493 e. The van der Waals surface area contributed by atoms with E-state index in [0.29, 0.717) is 18.0 Å². The predicted molar refractivity (Wildman–Crippen MR) is 76.4 cm³/mol. The second-order valence-corrected chi connectivity index (χ2v) is 4.22. The van der Waals surface area contributed by atoms with Crippen LogP contribution in [0.2, 0.25) is 0 Å². The van der Waals surface area contributed by atoms with Crippen molar-refractivity contribution in [2.75, 3.05) is 20.8 Å². The quantitative estimate of drug-likeness (QED) is 0.805. The lowest BCUT2D eigenvalue weighted by molar-refractivity contribution is -0.116. The Morgan fingerprint density at radius 1 is 1.40 bits per heavy atom. The van der Waals surface area contributed by atoms with Gasteiger partial charge in [-0.3, -0.25) is 4.79 Å². The Labute approximate surface area is 118 Å². The Morgan fingerprint density at radius 3 is 2.70 bits per heavy atom. The molecule has 1 amide bonds. The Hall–Kier alpha value is -2.48. The van der Waals surface area contributed by atoms with E-state index in [2.05, 4.69) is 11.4 Å². The molecule has 0 aliphatic heterocycles. The molecule has 0 radical (unpaired) electrons. The molecule has 0 aromatic heterocycles. The number of rotatable bonds is 6. The zero-order valence-corrected chi connectivity index (χ0v) is 11.8. The van der Waals surface area contributed by atoms with Crippen LogP contribution in [0.15, 0.2) is 24.3 Å². The summed E-state index contributed by atoms with van der Waals surface area (Å²) in [5, 5.41) is 11.3. The van der Waals surface area contributed by atoms with E-state index < -0.39 is 0 Å². The zero-order chi connectivity index (χ0) is 15.0. The van der Waals surface area contributed by atoms with Crippen LogP contribution in [0.5, 0.6) is 11.5 Å². The third-order valence-corrected chi connectivity index (χ3v) is 2.64. The lowest BCUT2D eigenvalue weighted by atomic mass is 10.2. The lowest BCUT2D eigenvalue weighted by Crippen LogP contribution is -2.25. The van der Waals surface area contributed by atoms with E-state index in [1.807, 2.05) is 6.07 Å². The fourth-order valence-electron chi connectivity index (χ4n) is 1.49. The predicted octanol–water partition coefficient (Wildman–Crippen LogP) is 1.99. The van der Waals surface area contributed by atoms with Crippen LogP contribution < -0.4 is 14.8 Å². The Balaban J connectivity index is 2.66. The molecule has 1 aromatic carbocycles. The molecule has 0 bridgehead atoms. The van der Waals surface area contributed by atoms with Gasteiger partial charge in [0.25, 0.3) is 0 Å². The van der Waals surface area contributed by atoms with Crippen molar-refractivity contribution < 1.29 is 14.3 Å². The number of carbonyl (C=O) groups excluding carboxylic acids is 1. The molecule has 0 aliphatic carbocycles. The van der Waals surface area contributed by atoms with Crippen molar-refractivity contribution in [3.8, 4) is 17.6 Å². The van der Waals surface area contributed by atoms with Gasteiger partial charge in [0.1, 0.15) is 0 Å². The second-order valence-electron chi connectivity index (χ2n) is 4.22. The van der Waals surface area contributed by atoms with Gasteiger partial charge in [0.15, 0.2) is 11.5 Å². The maximum atomic E-state index is 11.6. The van der Waals surface area contributed by atoms with Gasteiger partial charge >= 0.3 is 0 Å². The van der Waals surface area contributed by atoms with Crippen LogP contribution in [0.4, 0.5) is 0 Å². The zero-order valence-electron chi connectivity index (χ0n) is 11.8. The van der Waals surface area contributed by atoms with Crippen molar-refractivity contribution in [1.29, 1.82) is 5.26 Å². The van der Waals surface area contributed by atoms with E-state index in [9.17, 15) is 4.79 Å². The second kappa shape index (κ2) is 7.85. The molecule has 0 spiro atoms. The number of nitriles is 1. The van der Waals surface area contributed by atoms with Crippen molar-refractivity contribution >= 4 is 12.0 Å². The standard InChI is InChI=1S/C15H18N2O3/c1-11(9-16)10-17-15(18)7-5-12-4-6-13(19-2)14(8-12)20-3/h4-8,11H,10H2,1-3H3,(H,17,18)/b7-5+. The van der Waals surface area contributed by atoms with Crippen LogP contribution >= 0.6 is 0 Å². The highest BCUT2D eigenvalue weighted by atomic mass is 16.5. The van der Waals surface area contributed by atoms with Crippen LogP contribution in [0.25, 0.3) is 6.08 Å². The first-order chi connectivity index (χ1) is 9.60. The van der Waals surface area contributed by atoms with Gasteiger partial charge in [-0.1, -0.05) is 6.07 Å². The van der Waals surface area contributed by atoms with Gasteiger partial charge in [-0.05, 0) is 30.7 Å². The summed E-state index contributed by atoms with van der Waals surface area (Å²) in [4.78, 5) is 11.6. The highest BCUT2D eigenvalue weighted by Crippen LogP contribution is 2.27. The Kier molecular flexibility index (Phi) is 6.11. The van der Waals surface area contributed by atoms with Gasteiger partial charge in [-0.15, -0.1) is 0 Å². The fraction of sp³-hybridized carbons (Fsp3) is 0.333. The summed E-state index contributed by atoms with van der Waals surface area (Å²) >= 11 is 0. The monoisotopic (exact) mass is 274 g/mol. The van der Waals surface area contributed by atoms with Gasteiger partial charge in [-0.2, -0.15) is 5.26 Å². The summed E-state index contributed by atoms with van der Waals surface area (Å²) in [6, 6.07) is 7.43. The number of nitrogens with one attached hydrogen (secondary N) is 1. The fourth-order valence-corrected chi connectivity index (χ4v) is 1.49. The summed E-state index contributed by atoms with van der Waals surface area (Å²) in [5.74, 6) is 0.806. The molecule has 20 heavy (non-hydrogen) atoms.